The van der Waals surface area contributed by atoms with Gasteiger partial charge in [0, 0.05) is 11.3 Å². The number of carbonyl (C=O) groups excluding carboxylic acids is 1. The van der Waals surface area contributed by atoms with Crippen LogP contribution in [0.3, 0.4) is 0 Å². The number of hydrogen-bond donors (Lipinski definition) is 4. The maximum absolute atomic E-state index is 13.7. The van der Waals surface area contributed by atoms with Gasteiger partial charge in [-0.25, -0.2) is 0 Å². The maximum Gasteiger partial charge on any atom is 0.159 e. The molecule has 246 valence electrons. The lowest BCUT2D eigenvalue weighted by Crippen LogP contribution is -2.63. The van der Waals surface area contributed by atoms with Crippen molar-refractivity contribution >= 4 is 5.78 Å². The van der Waals surface area contributed by atoms with Gasteiger partial charge in [-0.15, -0.1) is 0 Å². The van der Waals surface area contributed by atoms with Crippen molar-refractivity contribution in [1.29, 1.82) is 0 Å². The maximum atomic E-state index is 13.7. The van der Waals surface area contributed by atoms with Crippen LogP contribution in [0.5, 0.6) is 0 Å². The van der Waals surface area contributed by atoms with E-state index in [1.165, 1.54) is 56.9 Å². The molecule has 7 rings (SSSR count). The van der Waals surface area contributed by atoms with Crippen molar-refractivity contribution in [3.63, 3.8) is 0 Å². The molecule has 0 saturated heterocycles. The van der Waals surface area contributed by atoms with Crippen LogP contribution in [-0.4, -0.2) is 50.1 Å². The third kappa shape index (κ3) is 4.55. The SMILES string of the molecule is CC(C)C(CC(O)C1CCCC2CC3C(=CC(=O)C4CC(O)C(O)CC43C)C3(O)CCC1C23C)=C1CCCC2(CCCC2)C1. The van der Waals surface area contributed by atoms with E-state index in [1.807, 2.05) is 0 Å². The number of aliphatic hydroxyl groups excluding tert-OH is 3. The van der Waals surface area contributed by atoms with E-state index >= 15 is 0 Å². The third-order valence-electron chi connectivity index (χ3n) is 15.6. The molecule has 0 aromatic heterocycles. The highest BCUT2D eigenvalue weighted by atomic mass is 16.3. The Kier molecular flexibility index (Phi) is 7.91. The number of ketones is 1. The minimum absolute atomic E-state index is 0.0227. The first-order valence-electron chi connectivity index (χ1n) is 18.6. The predicted molar refractivity (Wildman–Crippen MR) is 173 cm³/mol. The molecule has 11 unspecified atom stereocenters. The first-order chi connectivity index (χ1) is 20.8. The second-order valence-corrected chi connectivity index (χ2v) is 17.8. The van der Waals surface area contributed by atoms with Gasteiger partial charge in [0.05, 0.1) is 23.9 Å². The Bertz CT molecular complexity index is 1210. The summed E-state index contributed by atoms with van der Waals surface area (Å²) in [5, 5.41) is 46.4. The van der Waals surface area contributed by atoms with Gasteiger partial charge in [0.15, 0.2) is 5.78 Å². The Morgan fingerprint density at radius 3 is 2.39 bits per heavy atom. The molecule has 0 aromatic rings. The zero-order valence-electron chi connectivity index (χ0n) is 28.0. The van der Waals surface area contributed by atoms with Crippen LogP contribution in [0.1, 0.15) is 137 Å². The van der Waals surface area contributed by atoms with Crippen LogP contribution in [0.2, 0.25) is 0 Å². The van der Waals surface area contributed by atoms with Crippen LogP contribution in [0.25, 0.3) is 0 Å². The van der Waals surface area contributed by atoms with Crippen LogP contribution in [0.4, 0.5) is 0 Å². The smallest absolute Gasteiger partial charge is 0.159 e. The molecule has 6 fully saturated rings. The van der Waals surface area contributed by atoms with Crippen molar-refractivity contribution in [3.05, 3.63) is 22.8 Å². The van der Waals surface area contributed by atoms with E-state index in [0.717, 1.165) is 44.1 Å². The highest BCUT2D eigenvalue weighted by molar-refractivity contribution is 5.95. The molecule has 0 bridgehead atoms. The average Bonchev–Trinajstić information content (AvgIpc) is 3.48. The lowest BCUT2D eigenvalue weighted by atomic mass is 9.43. The highest BCUT2D eigenvalue weighted by Gasteiger charge is 2.70. The molecular weight excluding hydrogens is 548 g/mol. The summed E-state index contributed by atoms with van der Waals surface area (Å²) < 4.78 is 0. The number of aliphatic hydroxyl groups is 4. The molecule has 44 heavy (non-hydrogen) atoms. The Balaban J connectivity index is 1.19. The van der Waals surface area contributed by atoms with Gasteiger partial charge in [0.1, 0.15) is 0 Å². The van der Waals surface area contributed by atoms with Gasteiger partial charge in [-0.3, -0.25) is 4.79 Å². The molecule has 0 amide bonds. The molecule has 0 radical (unpaired) electrons. The summed E-state index contributed by atoms with van der Waals surface area (Å²) in [6, 6.07) is 0. The molecule has 0 aromatic carbocycles. The summed E-state index contributed by atoms with van der Waals surface area (Å²) in [7, 11) is 0. The topological polar surface area (TPSA) is 98.0 Å². The fourth-order valence-corrected chi connectivity index (χ4v) is 13.2. The first-order valence-corrected chi connectivity index (χ1v) is 18.6. The molecule has 5 heteroatoms. The van der Waals surface area contributed by atoms with Crippen molar-refractivity contribution in [2.45, 2.75) is 161 Å². The van der Waals surface area contributed by atoms with Gasteiger partial charge in [0.25, 0.3) is 0 Å². The Labute approximate surface area is 266 Å². The highest BCUT2D eigenvalue weighted by Crippen LogP contribution is 2.71. The summed E-state index contributed by atoms with van der Waals surface area (Å²) in [6.07, 6.45) is 17.4. The average molecular weight is 609 g/mol. The molecule has 4 N–H and O–H groups in total. The molecule has 7 aliphatic carbocycles. The van der Waals surface area contributed by atoms with E-state index in [-0.39, 0.29) is 34.9 Å². The molecule has 11 atom stereocenters. The van der Waals surface area contributed by atoms with Gasteiger partial charge in [0.2, 0.25) is 0 Å². The second-order valence-electron chi connectivity index (χ2n) is 17.8. The van der Waals surface area contributed by atoms with E-state index in [9.17, 15) is 25.2 Å². The van der Waals surface area contributed by atoms with E-state index in [2.05, 4.69) is 27.7 Å². The Hall–Kier alpha value is -1.01. The van der Waals surface area contributed by atoms with Crippen LogP contribution >= 0.6 is 0 Å². The first kappa shape index (κ1) is 31.6. The van der Waals surface area contributed by atoms with Gasteiger partial charge < -0.3 is 20.4 Å². The van der Waals surface area contributed by atoms with E-state index < -0.39 is 29.3 Å². The Morgan fingerprint density at radius 2 is 1.66 bits per heavy atom. The van der Waals surface area contributed by atoms with Crippen LogP contribution < -0.4 is 0 Å². The minimum atomic E-state index is -1.06. The van der Waals surface area contributed by atoms with Crippen LogP contribution in [-0.2, 0) is 4.79 Å². The summed E-state index contributed by atoms with van der Waals surface area (Å²) >= 11 is 0. The summed E-state index contributed by atoms with van der Waals surface area (Å²) in [5.74, 6) is 0.906. The summed E-state index contributed by atoms with van der Waals surface area (Å²) in [5.41, 5.74) is 2.72. The lowest BCUT2D eigenvalue weighted by Gasteiger charge is -2.62. The summed E-state index contributed by atoms with van der Waals surface area (Å²) in [6.45, 7) is 9.10. The van der Waals surface area contributed by atoms with Gasteiger partial charge in [-0.05, 0) is 142 Å². The third-order valence-corrected chi connectivity index (χ3v) is 15.6. The van der Waals surface area contributed by atoms with Crippen LogP contribution in [0.15, 0.2) is 22.8 Å². The number of rotatable bonds is 4. The molecule has 1 spiro atoms. The van der Waals surface area contributed by atoms with Crippen molar-refractivity contribution in [1.82, 2.24) is 0 Å². The summed E-state index contributed by atoms with van der Waals surface area (Å²) in [4.78, 5) is 13.7. The quantitative estimate of drug-likeness (QED) is 0.256. The zero-order valence-corrected chi connectivity index (χ0v) is 28.0. The van der Waals surface area contributed by atoms with Crippen LogP contribution in [0, 0.1) is 51.8 Å². The van der Waals surface area contributed by atoms with Gasteiger partial charge in [-0.2, -0.15) is 0 Å². The van der Waals surface area contributed by atoms with Crippen molar-refractivity contribution in [2.24, 2.45) is 51.8 Å². The standard InChI is InChI=1S/C39H60O5/c1-23(2)27(24-9-8-15-38(21-24)13-5-6-14-38)18-32(40)26-11-7-10-25-17-29-30(39(44)16-12-28(26)37(25,39)4)19-33(41)31-20-34(42)35(43)22-36(29,31)3/h19,23,25-26,28-29,31-32,34-35,40,42-44H,5-18,20-22H2,1-4H3. The fraction of sp³-hybridized carbons (Fsp3) is 0.872. The van der Waals surface area contributed by atoms with Crippen molar-refractivity contribution < 1.29 is 25.2 Å². The number of allylic oxidation sites excluding steroid dienone is 2. The van der Waals surface area contributed by atoms with E-state index in [1.54, 1.807) is 11.6 Å². The molecule has 7 aliphatic rings. The zero-order chi connectivity index (χ0) is 31.2. The number of carbonyl (C=O) groups is 1. The predicted octanol–water partition coefficient (Wildman–Crippen LogP) is 7.06. The monoisotopic (exact) mass is 608 g/mol. The van der Waals surface area contributed by atoms with Gasteiger partial charge >= 0.3 is 0 Å². The molecular formula is C39H60O5. The van der Waals surface area contributed by atoms with E-state index in [0.29, 0.717) is 36.5 Å². The van der Waals surface area contributed by atoms with Crippen molar-refractivity contribution in [2.75, 3.05) is 0 Å². The van der Waals surface area contributed by atoms with E-state index in [4.69, 9.17) is 0 Å². The largest absolute Gasteiger partial charge is 0.392 e. The molecule has 0 heterocycles. The fourth-order valence-electron chi connectivity index (χ4n) is 13.2. The van der Waals surface area contributed by atoms with Gasteiger partial charge in [-0.1, -0.05) is 58.1 Å². The number of hydrogen-bond acceptors (Lipinski definition) is 5. The number of fused-ring (bicyclic) bond motifs is 4. The second kappa shape index (κ2) is 11.0. The lowest BCUT2D eigenvalue weighted by molar-refractivity contribution is -0.166. The van der Waals surface area contributed by atoms with Crippen molar-refractivity contribution in [3.8, 4) is 0 Å². The molecule has 0 aliphatic heterocycles. The molecule has 5 nitrogen and oxygen atoms in total. The minimum Gasteiger partial charge on any atom is -0.392 e. The normalized spacial score (nSPS) is 48.3. The molecule has 6 saturated carbocycles. The Morgan fingerprint density at radius 1 is 0.932 bits per heavy atom.